The first-order valence-corrected chi connectivity index (χ1v) is 5.12. The molecule has 1 aromatic carbocycles. The molecule has 98 valence electrons. The van der Waals surface area contributed by atoms with E-state index in [2.05, 4.69) is 25.5 Å². The summed E-state index contributed by atoms with van der Waals surface area (Å²) in [5, 5.41) is 8.76. The summed E-state index contributed by atoms with van der Waals surface area (Å²) >= 11 is 0. The number of halogens is 3. The number of aromatic amines is 1. The second kappa shape index (κ2) is 3.97. The Bertz CT molecular complexity index is 704. The van der Waals surface area contributed by atoms with Crippen molar-refractivity contribution in [3.8, 4) is 0 Å². The zero-order valence-corrected chi connectivity index (χ0v) is 9.19. The molecule has 0 aliphatic carbocycles. The third-order valence-electron chi connectivity index (χ3n) is 2.36. The van der Waals surface area contributed by atoms with Crippen molar-refractivity contribution in [2.24, 2.45) is 0 Å². The van der Waals surface area contributed by atoms with Crippen LogP contribution in [-0.4, -0.2) is 20.2 Å². The van der Waals surface area contributed by atoms with Gasteiger partial charge in [0.15, 0.2) is 5.58 Å². The summed E-state index contributed by atoms with van der Waals surface area (Å²) in [6.07, 6.45) is -3.14. The molecular weight excluding hydrogens is 263 g/mol. The number of H-pyrrole nitrogens is 1. The Balaban J connectivity index is 1.97. The van der Waals surface area contributed by atoms with E-state index in [1.165, 1.54) is 12.4 Å². The highest BCUT2D eigenvalue weighted by Crippen LogP contribution is 2.32. The van der Waals surface area contributed by atoms with Gasteiger partial charge in [-0.3, -0.25) is 5.32 Å². The van der Waals surface area contributed by atoms with Crippen LogP contribution in [0.2, 0.25) is 0 Å². The first-order valence-electron chi connectivity index (χ1n) is 5.12. The molecule has 0 bridgehead atoms. The predicted octanol–water partition coefficient (Wildman–Crippen LogP) is 2.71. The number of nitrogens with one attached hydrogen (secondary N) is 2. The standard InChI is InChI=1S/C10H6F3N5O/c11-10(12,13)5-1-2-7-6(3-5)16-9(19-7)17-8-14-4-15-18-8/h1-4H,(H2,14,15,16,17,18). The van der Waals surface area contributed by atoms with E-state index in [0.717, 1.165) is 12.1 Å². The first kappa shape index (κ1) is 11.5. The Kier molecular flexibility index (Phi) is 2.40. The quantitative estimate of drug-likeness (QED) is 0.747. The maximum atomic E-state index is 12.5. The highest BCUT2D eigenvalue weighted by atomic mass is 19.4. The largest absolute Gasteiger partial charge is 0.423 e. The number of benzene rings is 1. The Morgan fingerprint density at radius 3 is 2.79 bits per heavy atom. The fourth-order valence-corrected chi connectivity index (χ4v) is 1.52. The summed E-state index contributed by atoms with van der Waals surface area (Å²) in [6.45, 7) is 0. The number of fused-ring (bicyclic) bond motifs is 1. The van der Waals surface area contributed by atoms with Crippen LogP contribution < -0.4 is 5.32 Å². The second-order valence-corrected chi connectivity index (χ2v) is 3.66. The minimum atomic E-state index is -4.41. The highest BCUT2D eigenvalue weighted by Gasteiger charge is 2.31. The van der Waals surface area contributed by atoms with Crippen LogP contribution in [0.4, 0.5) is 25.1 Å². The van der Waals surface area contributed by atoms with Gasteiger partial charge in [-0.2, -0.15) is 28.2 Å². The Morgan fingerprint density at radius 1 is 1.26 bits per heavy atom. The third kappa shape index (κ3) is 2.21. The maximum absolute atomic E-state index is 12.5. The summed E-state index contributed by atoms with van der Waals surface area (Å²) < 4.78 is 42.8. The molecule has 2 aromatic heterocycles. The summed E-state index contributed by atoms with van der Waals surface area (Å²) in [5.41, 5.74) is -0.425. The van der Waals surface area contributed by atoms with Crippen molar-refractivity contribution >= 4 is 23.1 Å². The van der Waals surface area contributed by atoms with Gasteiger partial charge in [-0.15, -0.1) is 0 Å². The van der Waals surface area contributed by atoms with Crippen molar-refractivity contribution in [3.05, 3.63) is 30.1 Å². The Hall–Kier alpha value is -2.58. The van der Waals surface area contributed by atoms with Crippen molar-refractivity contribution in [2.45, 2.75) is 6.18 Å². The summed E-state index contributed by atoms with van der Waals surface area (Å²) in [5.74, 6) is 0.280. The van der Waals surface area contributed by atoms with Gasteiger partial charge in [-0.1, -0.05) is 0 Å². The average Bonchev–Trinajstić information content (AvgIpc) is 2.95. The van der Waals surface area contributed by atoms with E-state index in [0.29, 0.717) is 0 Å². The number of nitrogens with zero attached hydrogens (tertiary/aromatic N) is 3. The van der Waals surface area contributed by atoms with Crippen molar-refractivity contribution in [2.75, 3.05) is 5.32 Å². The van der Waals surface area contributed by atoms with E-state index in [-0.39, 0.29) is 23.1 Å². The van der Waals surface area contributed by atoms with E-state index in [9.17, 15) is 13.2 Å². The lowest BCUT2D eigenvalue weighted by molar-refractivity contribution is -0.137. The molecule has 3 rings (SSSR count). The van der Waals surface area contributed by atoms with E-state index >= 15 is 0 Å². The molecule has 0 aliphatic rings. The Morgan fingerprint density at radius 2 is 2.11 bits per heavy atom. The number of anilines is 2. The molecule has 0 saturated carbocycles. The summed E-state index contributed by atoms with van der Waals surface area (Å²) in [6, 6.07) is 3.11. The number of hydrogen-bond acceptors (Lipinski definition) is 5. The van der Waals surface area contributed by atoms with Crippen LogP contribution in [0, 0.1) is 0 Å². The smallest absolute Gasteiger partial charge is 0.416 e. The molecule has 0 saturated heterocycles. The first-order chi connectivity index (χ1) is 9.02. The normalized spacial score (nSPS) is 11.9. The van der Waals surface area contributed by atoms with Crippen LogP contribution in [-0.2, 0) is 6.18 Å². The molecule has 2 N–H and O–H groups in total. The minimum Gasteiger partial charge on any atom is -0.423 e. The van der Waals surface area contributed by atoms with Crippen molar-refractivity contribution in [1.29, 1.82) is 0 Å². The summed E-state index contributed by atoms with van der Waals surface area (Å²) in [7, 11) is 0. The van der Waals surface area contributed by atoms with Gasteiger partial charge in [0, 0.05) is 0 Å². The summed E-state index contributed by atoms with van der Waals surface area (Å²) in [4.78, 5) is 7.68. The van der Waals surface area contributed by atoms with Crippen LogP contribution in [0.5, 0.6) is 0 Å². The van der Waals surface area contributed by atoms with Crippen LogP contribution >= 0.6 is 0 Å². The van der Waals surface area contributed by atoms with Gasteiger partial charge in [-0.25, -0.2) is 5.10 Å². The number of alkyl halides is 3. The molecule has 0 amide bonds. The van der Waals surface area contributed by atoms with Gasteiger partial charge in [0.1, 0.15) is 11.8 Å². The molecule has 0 unspecified atom stereocenters. The SMILES string of the molecule is FC(F)(F)c1ccc2oc(Nc3ncn[nH]3)nc2c1. The van der Waals surface area contributed by atoms with Crippen LogP contribution in [0.15, 0.2) is 28.9 Å². The Labute approximate surface area is 103 Å². The molecule has 3 aromatic rings. The van der Waals surface area contributed by atoms with Gasteiger partial charge in [0.25, 0.3) is 0 Å². The zero-order valence-electron chi connectivity index (χ0n) is 9.19. The van der Waals surface area contributed by atoms with Gasteiger partial charge in [-0.05, 0) is 18.2 Å². The van der Waals surface area contributed by atoms with Crippen molar-refractivity contribution < 1.29 is 17.6 Å². The lowest BCUT2D eigenvalue weighted by atomic mass is 10.2. The van der Waals surface area contributed by atoms with E-state index in [1.807, 2.05) is 0 Å². The number of oxazole rings is 1. The zero-order chi connectivity index (χ0) is 13.5. The minimum absolute atomic E-state index is 0.0334. The lowest BCUT2D eigenvalue weighted by Crippen LogP contribution is -2.03. The number of rotatable bonds is 2. The highest BCUT2D eigenvalue weighted by molar-refractivity contribution is 5.75. The average molecular weight is 269 g/mol. The van der Waals surface area contributed by atoms with E-state index in [1.54, 1.807) is 0 Å². The molecule has 0 aliphatic heterocycles. The van der Waals surface area contributed by atoms with Gasteiger partial charge < -0.3 is 4.42 Å². The molecule has 2 heterocycles. The molecule has 0 spiro atoms. The van der Waals surface area contributed by atoms with E-state index < -0.39 is 11.7 Å². The molecule has 0 radical (unpaired) electrons. The van der Waals surface area contributed by atoms with Crippen LogP contribution in [0.25, 0.3) is 11.1 Å². The fourth-order valence-electron chi connectivity index (χ4n) is 1.52. The van der Waals surface area contributed by atoms with E-state index in [4.69, 9.17) is 4.42 Å². The molecule has 0 atom stereocenters. The monoisotopic (exact) mass is 269 g/mol. The van der Waals surface area contributed by atoms with Crippen molar-refractivity contribution in [1.82, 2.24) is 20.2 Å². The maximum Gasteiger partial charge on any atom is 0.416 e. The third-order valence-corrected chi connectivity index (χ3v) is 2.36. The van der Waals surface area contributed by atoms with Gasteiger partial charge >= 0.3 is 12.2 Å². The van der Waals surface area contributed by atoms with Gasteiger partial charge in [0.05, 0.1) is 5.56 Å². The van der Waals surface area contributed by atoms with Crippen LogP contribution in [0.1, 0.15) is 5.56 Å². The molecule has 6 nitrogen and oxygen atoms in total. The van der Waals surface area contributed by atoms with Gasteiger partial charge in [0.2, 0.25) is 5.95 Å². The number of hydrogen-bond donors (Lipinski definition) is 2. The second-order valence-electron chi connectivity index (χ2n) is 3.66. The molecule has 9 heteroatoms. The number of aromatic nitrogens is 4. The molecular formula is C10H6F3N5O. The lowest BCUT2D eigenvalue weighted by Gasteiger charge is -2.04. The van der Waals surface area contributed by atoms with Crippen molar-refractivity contribution in [3.63, 3.8) is 0 Å². The topological polar surface area (TPSA) is 79.6 Å². The molecule has 19 heavy (non-hydrogen) atoms. The van der Waals surface area contributed by atoms with Crippen LogP contribution in [0.3, 0.4) is 0 Å². The predicted molar refractivity (Wildman–Crippen MR) is 58.7 cm³/mol. The fraction of sp³-hybridized carbons (Fsp3) is 0.100. The molecule has 0 fully saturated rings.